The number of H-pyrrole nitrogens is 2. The van der Waals surface area contributed by atoms with Crippen molar-refractivity contribution in [1.82, 2.24) is 19.9 Å². The number of ether oxygens (including phenoxy) is 4. The Bertz CT molecular complexity index is 2710. The molecule has 12 nitrogen and oxygen atoms in total. The molecule has 61 heavy (non-hydrogen) atoms. The number of nitrogens with one attached hydrogen (secondary N) is 2. The monoisotopic (exact) mass is 856 g/mol. The second-order valence-electron chi connectivity index (χ2n) is 14.0. The quantitative estimate of drug-likeness (QED) is 0.0807. The van der Waals surface area contributed by atoms with Crippen molar-refractivity contribution < 1.29 is 55.9 Å². The maximum Gasteiger partial charge on any atom is 0.161 e. The normalized spacial score (nSPS) is 11.6. The van der Waals surface area contributed by atoms with Gasteiger partial charge in [-0.3, -0.25) is 0 Å². The average molecular weight is 858 g/mol. The first-order chi connectivity index (χ1) is 29.2. The summed E-state index contributed by atoms with van der Waals surface area (Å²) < 4.78 is 22.2. The molecule has 0 radical (unpaired) electrons. The van der Waals surface area contributed by atoms with Crippen LogP contribution < -0.4 is 18.9 Å². The van der Waals surface area contributed by atoms with E-state index in [1.165, 1.54) is 28.4 Å². The molecule has 4 aromatic carbocycles. The number of hydrogen-bond donors (Lipinski definition) is 6. The molecular formula is C48H38N4NiO8. The summed E-state index contributed by atoms with van der Waals surface area (Å²) in [6, 6.07) is 28.5. The van der Waals surface area contributed by atoms with Crippen LogP contribution in [0.1, 0.15) is 22.8 Å². The fourth-order valence-corrected chi connectivity index (χ4v) is 7.75. The molecule has 7 aromatic rings. The van der Waals surface area contributed by atoms with Crippen molar-refractivity contribution in [2.75, 3.05) is 28.4 Å². The molecule has 6 N–H and O–H groups in total. The van der Waals surface area contributed by atoms with E-state index in [-0.39, 0.29) is 39.5 Å². The number of aromatic nitrogens is 4. The van der Waals surface area contributed by atoms with Crippen LogP contribution in [0, 0.1) is 0 Å². The minimum absolute atomic E-state index is 0. The first-order valence-corrected chi connectivity index (χ1v) is 18.8. The molecule has 0 aliphatic carbocycles. The van der Waals surface area contributed by atoms with Gasteiger partial charge in [0, 0.05) is 60.8 Å². The van der Waals surface area contributed by atoms with E-state index in [2.05, 4.69) is 9.97 Å². The third kappa shape index (κ3) is 7.15. The van der Waals surface area contributed by atoms with Crippen molar-refractivity contribution in [3.05, 3.63) is 120 Å². The molecule has 308 valence electrons. The van der Waals surface area contributed by atoms with Gasteiger partial charge in [0.25, 0.3) is 0 Å². The van der Waals surface area contributed by atoms with Crippen LogP contribution >= 0.6 is 0 Å². The number of aromatic hydroxyl groups is 4. The predicted octanol–water partition coefficient (Wildman–Crippen LogP) is 10.2. The van der Waals surface area contributed by atoms with Gasteiger partial charge in [0.15, 0.2) is 46.0 Å². The Hall–Kier alpha value is -7.63. The zero-order valence-corrected chi connectivity index (χ0v) is 34.2. The Kier molecular flexibility index (Phi) is 10.7. The number of hydrogen-bond acceptors (Lipinski definition) is 10. The smallest absolute Gasteiger partial charge is 0.161 e. The molecule has 0 amide bonds. The molecule has 0 saturated carbocycles. The number of methoxy groups -OCH3 is 4. The fraction of sp³-hybridized carbons (Fsp3) is 0.0833. The van der Waals surface area contributed by atoms with E-state index in [0.717, 1.165) is 44.5 Å². The Morgan fingerprint density at radius 2 is 0.590 bits per heavy atom. The summed E-state index contributed by atoms with van der Waals surface area (Å²) >= 11 is 0. The minimum Gasteiger partial charge on any atom is -0.504 e. The van der Waals surface area contributed by atoms with Crippen molar-refractivity contribution >= 4 is 46.4 Å². The minimum atomic E-state index is -0.00487. The van der Waals surface area contributed by atoms with Crippen LogP contribution in [0.2, 0.25) is 0 Å². The second kappa shape index (κ2) is 16.2. The number of phenolic OH excluding ortho intramolecular Hbond substituents is 4. The maximum absolute atomic E-state index is 10.6. The molecular weight excluding hydrogens is 819 g/mol. The van der Waals surface area contributed by atoms with Crippen LogP contribution in [0.3, 0.4) is 0 Å². The number of phenols is 4. The fourth-order valence-electron chi connectivity index (χ4n) is 7.75. The van der Waals surface area contributed by atoms with Crippen LogP contribution in [0.25, 0.3) is 90.9 Å². The molecule has 2 aliphatic rings. The van der Waals surface area contributed by atoms with Crippen molar-refractivity contribution in [2.24, 2.45) is 0 Å². The maximum atomic E-state index is 10.6. The van der Waals surface area contributed by atoms with Gasteiger partial charge in [0.2, 0.25) is 0 Å². The van der Waals surface area contributed by atoms with Crippen LogP contribution in [-0.4, -0.2) is 68.8 Å². The Balaban J connectivity index is 0.00000514. The molecule has 0 unspecified atom stereocenters. The molecule has 9 rings (SSSR count). The average Bonchev–Trinajstić information content (AvgIpc) is 4.11. The molecule has 13 heteroatoms. The summed E-state index contributed by atoms with van der Waals surface area (Å²) in [6.07, 6.45) is 7.74. The summed E-state index contributed by atoms with van der Waals surface area (Å²) in [4.78, 5) is 17.9. The van der Waals surface area contributed by atoms with Crippen molar-refractivity contribution in [3.8, 4) is 90.5 Å². The Labute approximate surface area is 359 Å². The van der Waals surface area contributed by atoms with Gasteiger partial charge in [-0.25, -0.2) is 9.97 Å². The SMILES string of the molecule is COc1cc(-c2c3nc(c(-c4ccc(O)c(OC)c4)c4ccc([nH]4)c(-c4ccc(O)c(OC)c4)c4nc(c(-c5ccc(O)c(OC)c5)c5ccc2[nH]5)C=C4)C=C3)ccc1O.[Ni]. The third-order valence-corrected chi connectivity index (χ3v) is 10.6. The standard InChI is InChI=1S/C48H38N4O8.Ni/c1-57-41-21-25(5-17-37(41)53)45-29-9-11-31(49-29)46(26-6-18-38(54)42(22-26)58-2)33-13-15-35(51-33)48(28-8-20-40(56)44(24-28)60-4)36-16-14-34(52-36)47(32-12-10-30(45)50-32)27-7-19-39(55)43(23-27)59-3;/h5-24,49,52-56H,1-4H3;. The molecule has 2 aliphatic heterocycles. The molecule has 0 saturated heterocycles. The van der Waals surface area contributed by atoms with E-state index in [1.54, 1.807) is 48.5 Å². The van der Waals surface area contributed by atoms with Crippen LogP contribution in [0.15, 0.2) is 97.1 Å². The molecule has 0 atom stereocenters. The summed E-state index contributed by atoms with van der Waals surface area (Å²) in [5.41, 5.74) is 11.1. The van der Waals surface area contributed by atoms with Gasteiger partial charge in [-0.2, -0.15) is 0 Å². The summed E-state index contributed by atoms with van der Waals surface area (Å²) in [7, 11) is 6.00. The van der Waals surface area contributed by atoms with Crippen molar-refractivity contribution in [2.45, 2.75) is 0 Å². The number of aromatic amines is 2. The topological polar surface area (TPSA) is 175 Å². The van der Waals surface area contributed by atoms with E-state index >= 15 is 0 Å². The number of nitrogens with zero attached hydrogens (tertiary/aromatic N) is 2. The summed E-state index contributed by atoms with van der Waals surface area (Å²) in [5, 5.41) is 42.4. The zero-order valence-electron chi connectivity index (χ0n) is 33.2. The van der Waals surface area contributed by atoms with Crippen molar-refractivity contribution in [1.29, 1.82) is 0 Å². The largest absolute Gasteiger partial charge is 0.504 e. The Morgan fingerprint density at radius 3 is 0.803 bits per heavy atom. The van der Waals surface area contributed by atoms with E-state index in [0.29, 0.717) is 67.8 Å². The first-order valence-electron chi connectivity index (χ1n) is 18.8. The van der Waals surface area contributed by atoms with Gasteiger partial charge in [-0.15, -0.1) is 0 Å². The van der Waals surface area contributed by atoms with Gasteiger partial charge in [-0.05, 0) is 119 Å². The van der Waals surface area contributed by atoms with E-state index < -0.39 is 0 Å². The van der Waals surface area contributed by atoms with Gasteiger partial charge in [0.05, 0.1) is 51.2 Å². The van der Waals surface area contributed by atoms with Crippen LogP contribution in [0.5, 0.6) is 46.0 Å². The summed E-state index contributed by atoms with van der Waals surface area (Å²) in [5.74, 6) is 1.16. The zero-order chi connectivity index (χ0) is 41.7. The van der Waals surface area contributed by atoms with Gasteiger partial charge < -0.3 is 49.3 Å². The van der Waals surface area contributed by atoms with Crippen LogP contribution in [0.4, 0.5) is 0 Å². The van der Waals surface area contributed by atoms with Gasteiger partial charge >= 0.3 is 0 Å². The molecule has 3 aromatic heterocycles. The third-order valence-electron chi connectivity index (χ3n) is 10.6. The van der Waals surface area contributed by atoms with E-state index in [4.69, 9.17) is 28.9 Å². The number of rotatable bonds is 8. The van der Waals surface area contributed by atoms with Crippen molar-refractivity contribution in [3.63, 3.8) is 0 Å². The van der Waals surface area contributed by atoms with E-state index in [9.17, 15) is 20.4 Å². The Morgan fingerprint density at radius 1 is 0.361 bits per heavy atom. The number of fused-ring (bicyclic) bond motifs is 8. The van der Waals surface area contributed by atoms with Gasteiger partial charge in [-0.1, -0.05) is 24.3 Å². The predicted molar refractivity (Wildman–Crippen MR) is 233 cm³/mol. The number of benzene rings is 4. The molecule has 0 spiro atoms. The second-order valence-corrected chi connectivity index (χ2v) is 14.0. The molecule has 5 heterocycles. The first kappa shape index (κ1) is 40.2. The summed E-state index contributed by atoms with van der Waals surface area (Å²) in [6.45, 7) is 0. The van der Waals surface area contributed by atoms with E-state index in [1.807, 2.05) is 72.8 Å². The molecule has 8 bridgehead atoms. The van der Waals surface area contributed by atoms with Crippen LogP contribution in [-0.2, 0) is 16.5 Å². The van der Waals surface area contributed by atoms with Gasteiger partial charge in [0.1, 0.15) is 0 Å². The molecule has 0 fully saturated rings.